The van der Waals surface area contributed by atoms with Crippen LogP contribution in [-0.2, 0) is 0 Å². The molecular formula is C19H23FN8O. The number of hydrogen-bond acceptors (Lipinski definition) is 8. The second kappa shape index (κ2) is 7.90. The Morgan fingerprint density at radius 2 is 2.03 bits per heavy atom. The number of rotatable bonds is 6. The van der Waals surface area contributed by atoms with E-state index >= 15 is 0 Å². The lowest BCUT2D eigenvalue weighted by Crippen LogP contribution is -2.25. The summed E-state index contributed by atoms with van der Waals surface area (Å²) in [6.07, 6.45) is 1.93. The number of ether oxygens (including phenoxy) is 1. The summed E-state index contributed by atoms with van der Waals surface area (Å²) in [5.41, 5.74) is 6.94. The number of nitrogen functional groups attached to an aromatic ring is 1. The third-order valence-electron chi connectivity index (χ3n) is 4.56. The van der Waals surface area contributed by atoms with Crippen molar-refractivity contribution in [2.45, 2.75) is 38.8 Å². The van der Waals surface area contributed by atoms with Crippen LogP contribution in [0.2, 0.25) is 0 Å². The molecule has 1 unspecified atom stereocenters. The Morgan fingerprint density at radius 1 is 1.24 bits per heavy atom. The summed E-state index contributed by atoms with van der Waals surface area (Å²) in [5.74, 6) is 1.67. The summed E-state index contributed by atoms with van der Waals surface area (Å²) in [4.78, 5) is 15.0. The fraction of sp³-hybridized carbons (Fsp3) is 0.368. The van der Waals surface area contributed by atoms with Crippen LogP contribution in [0, 0.1) is 5.82 Å². The summed E-state index contributed by atoms with van der Waals surface area (Å²) in [6, 6.07) is 8.30. The van der Waals surface area contributed by atoms with Crippen molar-refractivity contribution in [1.82, 2.24) is 25.1 Å². The van der Waals surface area contributed by atoms with Crippen LogP contribution in [0.1, 0.15) is 38.3 Å². The Hall–Kier alpha value is -3.43. The van der Waals surface area contributed by atoms with E-state index in [2.05, 4.69) is 35.4 Å². The summed E-state index contributed by atoms with van der Waals surface area (Å²) in [6.45, 7) is 4.64. The first-order valence-corrected chi connectivity index (χ1v) is 9.50. The van der Waals surface area contributed by atoms with E-state index in [4.69, 9.17) is 10.5 Å². The fourth-order valence-electron chi connectivity index (χ4n) is 3.40. The number of halogens is 1. The number of anilines is 4. The Labute approximate surface area is 167 Å². The monoisotopic (exact) mass is 398 g/mol. The molecule has 2 aromatic heterocycles. The van der Waals surface area contributed by atoms with Gasteiger partial charge in [0.2, 0.25) is 23.7 Å². The molecule has 1 fully saturated rings. The van der Waals surface area contributed by atoms with E-state index in [0.717, 1.165) is 24.9 Å². The number of aromatic nitrogens is 5. The Morgan fingerprint density at radius 3 is 2.79 bits per heavy atom. The summed E-state index contributed by atoms with van der Waals surface area (Å²) in [7, 11) is 0. The molecule has 1 aliphatic rings. The highest BCUT2D eigenvalue weighted by Crippen LogP contribution is 2.35. The van der Waals surface area contributed by atoms with E-state index in [1.165, 1.54) is 12.1 Å². The normalized spacial score (nSPS) is 16.4. The lowest BCUT2D eigenvalue weighted by molar-refractivity contribution is 0.232. The van der Waals surface area contributed by atoms with Crippen LogP contribution in [0.15, 0.2) is 30.3 Å². The molecule has 0 saturated carbocycles. The van der Waals surface area contributed by atoms with Gasteiger partial charge in [-0.1, -0.05) is 12.1 Å². The first kappa shape index (κ1) is 18.9. The molecule has 1 aliphatic heterocycles. The van der Waals surface area contributed by atoms with Gasteiger partial charge in [-0.2, -0.15) is 20.1 Å². The first-order valence-electron chi connectivity index (χ1n) is 9.50. The van der Waals surface area contributed by atoms with Gasteiger partial charge in [0.1, 0.15) is 5.82 Å². The summed E-state index contributed by atoms with van der Waals surface area (Å²) >= 11 is 0. The van der Waals surface area contributed by atoms with E-state index in [1.807, 2.05) is 13.8 Å². The van der Waals surface area contributed by atoms with Crippen molar-refractivity contribution >= 4 is 23.7 Å². The van der Waals surface area contributed by atoms with Gasteiger partial charge in [-0.3, -0.25) is 0 Å². The van der Waals surface area contributed by atoms with Crippen molar-refractivity contribution in [2.24, 2.45) is 0 Å². The largest absolute Gasteiger partial charge is 0.475 e. The fourth-order valence-corrected chi connectivity index (χ4v) is 3.40. The highest BCUT2D eigenvalue weighted by Gasteiger charge is 2.29. The second-order valence-electron chi connectivity index (χ2n) is 7.13. The van der Waals surface area contributed by atoms with E-state index < -0.39 is 0 Å². The third kappa shape index (κ3) is 4.36. The zero-order valence-corrected chi connectivity index (χ0v) is 16.3. The Kier molecular flexibility index (Phi) is 5.15. The van der Waals surface area contributed by atoms with Gasteiger partial charge in [0.05, 0.1) is 12.1 Å². The van der Waals surface area contributed by atoms with Crippen LogP contribution in [0.3, 0.4) is 0 Å². The molecule has 3 heterocycles. The van der Waals surface area contributed by atoms with Gasteiger partial charge in [-0.25, -0.2) is 9.49 Å². The van der Waals surface area contributed by atoms with Crippen LogP contribution in [0.25, 0.3) is 0 Å². The highest BCUT2D eigenvalue weighted by atomic mass is 19.1. The van der Waals surface area contributed by atoms with Crippen LogP contribution in [0.4, 0.5) is 28.1 Å². The second-order valence-corrected chi connectivity index (χ2v) is 7.13. The van der Waals surface area contributed by atoms with Gasteiger partial charge in [0.15, 0.2) is 5.82 Å². The van der Waals surface area contributed by atoms with E-state index in [-0.39, 0.29) is 23.9 Å². The van der Waals surface area contributed by atoms with Crippen molar-refractivity contribution in [2.75, 3.05) is 22.5 Å². The van der Waals surface area contributed by atoms with Gasteiger partial charge in [0.25, 0.3) is 0 Å². The van der Waals surface area contributed by atoms with Crippen molar-refractivity contribution < 1.29 is 9.13 Å². The molecule has 152 valence electrons. The molecule has 1 saturated heterocycles. The molecule has 0 amide bonds. The maximum Gasteiger partial charge on any atom is 0.235 e. The average molecular weight is 398 g/mol. The highest BCUT2D eigenvalue weighted by molar-refractivity contribution is 5.53. The summed E-state index contributed by atoms with van der Waals surface area (Å²) < 4.78 is 18.9. The number of nitrogens with one attached hydrogen (secondary N) is 2. The average Bonchev–Trinajstić information content (AvgIpc) is 3.31. The predicted octanol–water partition coefficient (Wildman–Crippen LogP) is 3.19. The molecule has 0 radical (unpaired) electrons. The van der Waals surface area contributed by atoms with Crippen LogP contribution in [-0.4, -0.2) is 37.8 Å². The number of benzene rings is 1. The number of nitrogens with zero attached hydrogens (tertiary/aromatic N) is 5. The van der Waals surface area contributed by atoms with Crippen molar-refractivity contribution in [1.29, 1.82) is 0 Å². The number of aromatic amines is 1. The van der Waals surface area contributed by atoms with Gasteiger partial charge in [-0.15, -0.1) is 0 Å². The lowest BCUT2D eigenvalue weighted by Gasteiger charge is -2.25. The minimum atomic E-state index is -0.256. The molecule has 1 atom stereocenters. The molecule has 4 N–H and O–H groups in total. The molecule has 3 aromatic rings. The topological polar surface area (TPSA) is 118 Å². The zero-order valence-electron chi connectivity index (χ0n) is 16.3. The molecule has 10 heteroatoms. The van der Waals surface area contributed by atoms with Crippen LogP contribution >= 0.6 is 0 Å². The smallest absolute Gasteiger partial charge is 0.235 e. The Balaban J connectivity index is 1.56. The van der Waals surface area contributed by atoms with E-state index in [0.29, 0.717) is 23.6 Å². The standard InChI is InChI=1S/C19H23FN8O/c1-11(2)29-16-10-15(26-27-16)22-18-23-17(21)24-19(25-18)28-9-3-4-14(28)12-5-7-13(20)8-6-12/h5-8,10-11,14H,3-4,9H2,1-2H3,(H4,21,22,23,24,25,26,27). The van der Waals surface area contributed by atoms with Gasteiger partial charge >= 0.3 is 0 Å². The lowest BCUT2D eigenvalue weighted by atomic mass is 10.0. The van der Waals surface area contributed by atoms with Gasteiger partial charge in [-0.05, 0) is 44.4 Å². The molecule has 29 heavy (non-hydrogen) atoms. The zero-order chi connectivity index (χ0) is 20.4. The van der Waals surface area contributed by atoms with Crippen LogP contribution in [0.5, 0.6) is 5.88 Å². The van der Waals surface area contributed by atoms with E-state index in [9.17, 15) is 4.39 Å². The number of hydrogen-bond donors (Lipinski definition) is 3. The third-order valence-corrected chi connectivity index (χ3v) is 4.56. The SMILES string of the molecule is CC(C)Oc1cc(Nc2nc(N)nc(N3CCCC3c3ccc(F)cc3)n2)n[nH]1. The maximum absolute atomic E-state index is 13.3. The molecule has 0 bridgehead atoms. The first-order chi connectivity index (χ1) is 14.0. The number of nitrogens with two attached hydrogens (primary N) is 1. The molecule has 1 aromatic carbocycles. The van der Waals surface area contributed by atoms with E-state index in [1.54, 1.807) is 18.2 Å². The van der Waals surface area contributed by atoms with Crippen molar-refractivity contribution in [3.63, 3.8) is 0 Å². The van der Waals surface area contributed by atoms with Crippen molar-refractivity contribution in [3.05, 3.63) is 41.7 Å². The molecule has 4 rings (SSSR count). The molecule has 9 nitrogen and oxygen atoms in total. The van der Waals surface area contributed by atoms with Crippen molar-refractivity contribution in [3.8, 4) is 5.88 Å². The predicted molar refractivity (Wildman–Crippen MR) is 108 cm³/mol. The molecular weight excluding hydrogens is 375 g/mol. The van der Waals surface area contributed by atoms with Gasteiger partial charge in [0, 0.05) is 12.6 Å². The van der Waals surface area contributed by atoms with Gasteiger partial charge < -0.3 is 20.7 Å². The summed E-state index contributed by atoms with van der Waals surface area (Å²) in [5, 5.41) is 9.96. The Bertz CT molecular complexity index is 975. The van der Waals surface area contributed by atoms with Crippen LogP contribution < -0.4 is 20.7 Å². The minimum absolute atomic E-state index is 0.0290. The number of H-pyrrole nitrogens is 1. The maximum atomic E-state index is 13.3. The molecule has 0 spiro atoms. The molecule has 0 aliphatic carbocycles. The quantitative estimate of drug-likeness (QED) is 0.579. The minimum Gasteiger partial charge on any atom is -0.475 e.